The highest BCUT2D eigenvalue weighted by atomic mass is 16.3. The van der Waals surface area contributed by atoms with Crippen molar-refractivity contribution in [3.05, 3.63) is 24.3 Å². The Morgan fingerprint density at radius 1 is 1.19 bits per heavy atom. The van der Waals surface area contributed by atoms with Crippen molar-refractivity contribution in [3.8, 4) is 5.75 Å². The van der Waals surface area contributed by atoms with E-state index in [0.29, 0.717) is 0 Å². The van der Waals surface area contributed by atoms with Gasteiger partial charge in [-0.1, -0.05) is 12.1 Å². The maximum atomic E-state index is 11.4. The number of carbonyl (C=O) groups is 2. The number of carbonyl (C=O) groups excluding carboxylic acids is 2. The van der Waals surface area contributed by atoms with Crippen molar-refractivity contribution in [2.45, 2.75) is 18.9 Å². The number of amides is 2. The van der Waals surface area contributed by atoms with E-state index in [1.165, 1.54) is 12.1 Å². The van der Waals surface area contributed by atoms with Crippen molar-refractivity contribution < 1.29 is 14.7 Å². The third-order valence-electron chi connectivity index (χ3n) is 2.27. The standard InChI is InChI=1S/C11H12N2O3/c14-9-4-2-1-3-8(9)13-11(16)10(15)12-7-5-6-7/h1-4,7,14H,5-6H2,(H,12,15)(H,13,16). The molecule has 0 atom stereocenters. The van der Waals surface area contributed by atoms with Crippen molar-refractivity contribution >= 4 is 17.5 Å². The zero-order valence-electron chi connectivity index (χ0n) is 8.56. The van der Waals surface area contributed by atoms with Crippen LogP contribution in [0, 0.1) is 0 Å². The highest BCUT2D eigenvalue weighted by Gasteiger charge is 2.26. The first-order chi connectivity index (χ1) is 7.66. The molecule has 1 aliphatic rings. The van der Waals surface area contributed by atoms with Crippen LogP contribution in [0.15, 0.2) is 24.3 Å². The molecule has 1 aromatic rings. The number of nitrogens with one attached hydrogen (secondary N) is 2. The minimum atomic E-state index is -0.756. The Kier molecular flexibility index (Phi) is 2.76. The first-order valence-electron chi connectivity index (χ1n) is 5.06. The molecule has 0 saturated heterocycles. The molecule has 84 valence electrons. The molecule has 2 amide bonds. The predicted octanol–water partition coefficient (Wildman–Crippen LogP) is 0.609. The Hall–Kier alpha value is -2.04. The second kappa shape index (κ2) is 4.22. The summed E-state index contributed by atoms with van der Waals surface area (Å²) in [5, 5.41) is 14.3. The first-order valence-corrected chi connectivity index (χ1v) is 5.06. The second-order valence-corrected chi connectivity index (χ2v) is 3.72. The number of anilines is 1. The van der Waals surface area contributed by atoms with E-state index in [1.807, 2.05) is 0 Å². The van der Waals surface area contributed by atoms with Gasteiger partial charge < -0.3 is 15.7 Å². The van der Waals surface area contributed by atoms with Gasteiger partial charge in [0, 0.05) is 6.04 Å². The lowest BCUT2D eigenvalue weighted by atomic mass is 10.3. The van der Waals surface area contributed by atoms with Gasteiger partial charge in [-0.2, -0.15) is 0 Å². The topological polar surface area (TPSA) is 78.4 Å². The quantitative estimate of drug-likeness (QED) is 0.504. The SMILES string of the molecule is O=C(Nc1ccccc1O)C(=O)NC1CC1. The molecule has 1 aromatic carbocycles. The van der Waals surface area contributed by atoms with Crippen LogP contribution in [0.2, 0.25) is 0 Å². The van der Waals surface area contributed by atoms with E-state index in [1.54, 1.807) is 12.1 Å². The predicted molar refractivity (Wildman–Crippen MR) is 57.9 cm³/mol. The highest BCUT2D eigenvalue weighted by molar-refractivity contribution is 6.39. The van der Waals surface area contributed by atoms with Gasteiger partial charge in [0.15, 0.2) is 0 Å². The average molecular weight is 220 g/mol. The van der Waals surface area contributed by atoms with Crippen LogP contribution in [0.5, 0.6) is 5.75 Å². The number of aromatic hydroxyl groups is 1. The van der Waals surface area contributed by atoms with E-state index >= 15 is 0 Å². The molecule has 1 aliphatic carbocycles. The Morgan fingerprint density at radius 2 is 1.88 bits per heavy atom. The first kappa shape index (κ1) is 10.5. The lowest BCUT2D eigenvalue weighted by Gasteiger charge is -2.06. The van der Waals surface area contributed by atoms with Gasteiger partial charge in [-0.15, -0.1) is 0 Å². The van der Waals surface area contributed by atoms with E-state index in [4.69, 9.17) is 0 Å². The van der Waals surface area contributed by atoms with Gasteiger partial charge in [0.25, 0.3) is 0 Å². The third-order valence-corrected chi connectivity index (χ3v) is 2.27. The molecule has 0 spiro atoms. The molecule has 0 heterocycles. The summed E-state index contributed by atoms with van der Waals surface area (Å²) in [7, 11) is 0. The molecule has 1 saturated carbocycles. The third kappa shape index (κ3) is 2.50. The molecule has 16 heavy (non-hydrogen) atoms. The Bertz CT molecular complexity index is 427. The Morgan fingerprint density at radius 3 is 2.50 bits per heavy atom. The Labute approximate surface area is 92.5 Å². The molecule has 1 fully saturated rings. The second-order valence-electron chi connectivity index (χ2n) is 3.72. The molecule has 3 N–H and O–H groups in total. The van der Waals surface area contributed by atoms with E-state index in [9.17, 15) is 14.7 Å². The van der Waals surface area contributed by atoms with Crippen LogP contribution in [-0.4, -0.2) is 23.0 Å². The van der Waals surface area contributed by atoms with Crippen LogP contribution in [0.25, 0.3) is 0 Å². The van der Waals surface area contributed by atoms with Gasteiger partial charge in [0.2, 0.25) is 0 Å². The summed E-state index contributed by atoms with van der Waals surface area (Å²) in [5.41, 5.74) is 0.235. The smallest absolute Gasteiger partial charge is 0.313 e. The van der Waals surface area contributed by atoms with Crippen LogP contribution in [0.1, 0.15) is 12.8 Å². The van der Waals surface area contributed by atoms with Crippen molar-refractivity contribution in [1.29, 1.82) is 0 Å². The fraction of sp³-hybridized carbons (Fsp3) is 0.273. The maximum Gasteiger partial charge on any atom is 0.313 e. The summed E-state index contributed by atoms with van der Waals surface area (Å²) in [6, 6.07) is 6.40. The lowest BCUT2D eigenvalue weighted by molar-refractivity contribution is -0.136. The van der Waals surface area contributed by atoms with Crippen LogP contribution in [0.3, 0.4) is 0 Å². The number of para-hydroxylation sites is 2. The fourth-order valence-electron chi connectivity index (χ4n) is 1.24. The van der Waals surface area contributed by atoms with Gasteiger partial charge in [0.1, 0.15) is 5.75 Å². The molecule has 5 heteroatoms. The maximum absolute atomic E-state index is 11.4. The van der Waals surface area contributed by atoms with Crippen molar-refractivity contribution in [1.82, 2.24) is 5.32 Å². The molecular weight excluding hydrogens is 208 g/mol. The van der Waals surface area contributed by atoms with E-state index in [2.05, 4.69) is 10.6 Å². The number of phenolic OH excluding ortho intramolecular Hbond substituents is 1. The van der Waals surface area contributed by atoms with E-state index in [-0.39, 0.29) is 17.5 Å². The number of benzene rings is 1. The molecule has 0 radical (unpaired) electrons. The van der Waals surface area contributed by atoms with E-state index in [0.717, 1.165) is 12.8 Å². The summed E-state index contributed by atoms with van der Waals surface area (Å²) >= 11 is 0. The van der Waals surface area contributed by atoms with Gasteiger partial charge >= 0.3 is 11.8 Å². The summed E-state index contributed by atoms with van der Waals surface area (Å²) in [5.74, 6) is -1.48. The molecular formula is C11H12N2O3. The fourth-order valence-corrected chi connectivity index (χ4v) is 1.24. The van der Waals surface area contributed by atoms with Crippen LogP contribution in [0.4, 0.5) is 5.69 Å². The molecule has 0 unspecified atom stereocenters. The van der Waals surface area contributed by atoms with Gasteiger partial charge in [-0.05, 0) is 25.0 Å². The van der Waals surface area contributed by atoms with Crippen molar-refractivity contribution in [2.24, 2.45) is 0 Å². The summed E-state index contributed by atoms with van der Waals surface area (Å²) < 4.78 is 0. The number of rotatable bonds is 2. The van der Waals surface area contributed by atoms with Gasteiger partial charge in [0.05, 0.1) is 5.69 Å². The van der Waals surface area contributed by atoms with Crippen LogP contribution in [-0.2, 0) is 9.59 Å². The molecule has 0 aromatic heterocycles. The van der Waals surface area contributed by atoms with Crippen LogP contribution >= 0.6 is 0 Å². The number of hydrogen-bond acceptors (Lipinski definition) is 3. The molecule has 0 aliphatic heterocycles. The molecule has 0 bridgehead atoms. The molecule has 2 rings (SSSR count). The monoisotopic (exact) mass is 220 g/mol. The summed E-state index contributed by atoms with van der Waals surface area (Å²) in [6.45, 7) is 0. The summed E-state index contributed by atoms with van der Waals surface area (Å²) in [4.78, 5) is 22.7. The molecule has 5 nitrogen and oxygen atoms in total. The highest BCUT2D eigenvalue weighted by Crippen LogP contribution is 2.21. The zero-order chi connectivity index (χ0) is 11.5. The average Bonchev–Trinajstić information content (AvgIpc) is 3.05. The van der Waals surface area contributed by atoms with Crippen molar-refractivity contribution in [3.63, 3.8) is 0 Å². The number of phenols is 1. The minimum Gasteiger partial charge on any atom is -0.506 e. The lowest BCUT2D eigenvalue weighted by Crippen LogP contribution is -2.36. The van der Waals surface area contributed by atoms with E-state index < -0.39 is 11.8 Å². The Balaban J connectivity index is 1.95. The summed E-state index contributed by atoms with van der Waals surface area (Å²) in [6.07, 6.45) is 1.85. The van der Waals surface area contributed by atoms with Gasteiger partial charge in [-0.25, -0.2) is 0 Å². The number of hydrogen-bond donors (Lipinski definition) is 3. The minimum absolute atomic E-state index is 0.0601. The van der Waals surface area contributed by atoms with Crippen LogP contribution < -0.4 is 10.6 Å². The van der Waals surface area contributed by atoms with Gasteiger partial charge in [-0.3, -0.25) is 9.59 Å². The largest absolute Gasteiger partial charge is 0.506 e. The zero-order valence-corrected chi connectivity index (χ0v) is 8.56. The normalized spacial score (nSPS) is 14.2. The van der Waals surface area contributed by atoms with Crippen molar-refractivity contribution in [2.75, 3.05) is 5.32 Å².